The van der Waals surface area contributed by atoms with Crippen LogP contribution in [0.3, 0.4) is 0 Å². The molecular formula is C11H13N3O. The molecule has 2 aromatic heterocycles. The lowest BCUT2D eigenvalue weighted by Gasteiger charge is -1.99. The smallest absolute Gasteiger partial charge is 0.252 e. The highest BCUT2D eigenvalue weighted by molar-refractivity contribution is 5.98. The number of pyridine rings is 1. The highest BCUT2D eigenvalue weighted by Crippen LogP contribution is 2.15. The van der Waals surface area contributed by atoms with Crippen molar-refractivity contribution in [3.05, 3.63) is 35.3 Å². The van der Waals surface area contributed by atoms with Gasteiger partial charge in [-0.2, -0.15) is 0 Å². The van der Waals surface area contributed by atoms with Crippen molar-refractivity contribution >= 4 is 11.6 Å². The van der Waals surface area contributed by atoms with Gasteiger partial charge in [0.15, 0.2) is 0 Å². The van der Waals surface area contributed by atoms with E-state index in [1.165, 1.54) is 0 Å². The van der Waals surface area contributed by atoms with Crippen LogP contribution in [0.15, 0.2) is 18.3 Å². The Labute approximate surface area is 87.7 Å². The third kappa shape index (κ3) is 1.38. The Kier molecular flexibility index (Phi) is 2.19. The summed E-state index contributed by atoms with van der Waals surface area (Å²) in [6, 6.07) is 3.50. The van der Waals surface area contributed by atoms with Crippen LogP contribution in [0, 0.1) is 6.92 Å². The van der Waals surface area contributed by atoms with E-state index in [2.05, 4.69) is 4.98 Å². The molecule has 2 heterocycles. The van der Waals surface area contributed by atoms with Crippen molar-refractivity contribution in [2.75, 3.05) is 0 Å². The number of imidazole rings is 1. The summed E-state index contributed by atoms with van der Waals surface area (Å²) in [7, 11) is 0. The maximum atomic E-state index is 11.2. The first kappa shape index (κ1) is 9.71. The SMILES string of the molecule is CCc1nc2c(C(N)=O)cccn2c1C. The lowest BCUT2D eigenvalue weighted by molar-refractivity contribution is 0.100. The molecule has 0 aliphatic carbocycles. The van der Waals surface area contributed by atoms with Crippen molar-refractivity contribution < 1.29 is 4.79 Å². The van der Waals surface area contributed by atoms with Crippen molar-refractivity contribution in [2.45, 2.75) is 20.3 Å². The molecule has 15 heavy (non-hydrogen) atoms. The molecular weight excluding hydrogens is 190 g/mol. The number of carbonyl (C=O) groups is 1. The van der Waals surface area contributed by atoms with Crippen LogP contribution in [0.2, 0.25) is 0 Å². The van der Waals surface area contributed by atoms with Gasteiger partial charge in [-0.05, 0) is 25.5 Å². The number of rotatable bonds is 2. The molecule has 0 spiro atoms. The summed E-state index contributed by atoms with van der Waals surface area (Å²) in [4.78, 5) is 15.6. The molecule has 2 aromatic rings. The van der Waals surface area contributed by atoms with Gasteiger partial charge in [0.2, 0.25) is 0 Å². The zero-order valence-electron chi connectivity index (χ0n) is 8.82. The number of hydrogen-bond donors (Lipinski definition) is 1. The number of nitrogens with two attached hydrogens (primary N) is 1. The van der Waals surface area contributed by atoms with Gasteiger partial charge in [0.05, 0.1) is 11.3 Å². The van der Waals surface area contributed by atoms with Crippen molar-refractivity contribution in [1.82, 2.24) is 9.38 Å². The van der Waals surface area contributed by atoms with Gasteiger partial charge in [-0.15, -0.1) is 0 Å². The minimum Gasteiger partial charge on any atom is -0.365 e. The maximum Gasteiger partial charge on any atom is 0.252 e. The van der Waals surface area contributed by atoms with Gasteiger partial charge in [-0.25, -0.2) is 4.98 Å². The molecule has 0 radical (unpaired) electrons. The van der Waals surface area contributed by atoms with Crippen LogP contribution in [-0.4, -0.2) is 15.3 Å². The fourth-order valence-corrected chi connectivity index (χ4v) is 1.76. The molecule has 0 aliphatic heterocycles. The fourth-order valence-electron chi connectivity index (χ4n) is 1.76. The molecule has 0 unspecified atom stereocenters. The highest BCUT2D eigenvalue weighted by Gasteiger charge is 2.12. The molecule has 78 valence electrons. The van der Waals surface area contributed by atoms with E-state index in [4.69, 9.17) is 5.73 Å². The molecule has 0 aliphatic rings. The number of fused-ring (bicyclic) bond motifs is 1. The largest absolute Gasteiger partial charge is 0.365 e. The van der Waals surface area contributed by atoms with Crippen molar-refractivity contribution in [3.8, 4) is 0 Å². The summed E-state index contributed by atoms with van der Waals surface area (Å²) >= 11 is 0. The summed E-state index contributed by atoms with van der Waals surface area (Å²) in [5, 5.41) is 0. The van der Waals surface area contributed by atoms with Gasteiger partial charge in [0, 0.05) is 11.9 Å². The molecule has 0 fully saturated rings. The first-order valence-corrected chi connectivity index (χ1v) is 4.91. The van der Waals surface area contributed by atoms with Crippen molar-refractivity contribution in [2.24, 2.45) is 5.73 Å². The van der Waals surface area contributed by atoms with Gasteiger partial charge in [-0.1, -0.05) is 6.92 Å². The Morgan fingerprint density at radius 2 is 2.33 bits per heavy atom. The van der Waals surface area contributed by atoms with Crippen molar-refractivity contribution in [1.29, 1.82) is 0 Å². The van der Waals surface area contributed by atoms with Crippen LogP contribution in [0.5, 0.6) is 0 Å². The van der Waals surface area contributed by atoms with Gasteiger partial charge < -0.3 is 10.1 Å². The molecule has 0 bridgehead atoms. The standard InChI is InChI=1S/C11H13N3O/c1-3-9-7(2)14-6-4-5-8(10(12)15)11(14)13-9/h4-6H,3H2,1-2H3,(H2,12,15). The van der Waals surface area contributed by atoms with Crippen molar-refractivity contribution in [3.63, 3.8) is 0 Å². The number of hydrogen-bond acceptors (Lipinski definition) is 2. The normalized spacial score (nSPS) is 10.8. The zero-order valence-corrected chi connectivity index (χ0v) is 8.82. The second-order valence-electron chi connectivity index (χ2n) is 3.48. The van der Waals surface area contributed by atoms with E-state index >= 15 is 0 Å². The third-order valence-electron chi connectivity index (χ3n) is 2.59. The summed E-state index contributed by atoms with van der Waals surface area (Å²) in [6.45, 7) is 4.03. The van der Waals surface area contributed by atoms with Crippen LogP contribution < -0.4 is 5.73 Å². The Bertz CT molecular complexity index is 528. The lowest BCUT2D eigenvalue weighted by Crippen LogP contribution is -2.12. The first-order valence-electron chi connectivity index (χ1n) is 4.91. The monoisotopic (exact) mass is 203 g/mol. The van der Waals surface area contributed by atoms with Crippen LogP contribution in [-0.2, 0) is 6.42 Å². The molecule has 0 aromatic carbocycles. The van der Waals surface area contributed by atoms with Gasteiger partial charge in [0.1, 0.15) is 5.65 Å². The average Bonchev–Trinajstić information content (AvgIpc) is 2.55. The van der Waals surface area contributed by atoms with Crippen LogP contribution in [0.1, 0.15) is 28.7 Å². The van der Waals surface area contributed by atoms with E-state index in [1.54, 1.807) is 12.1 Å². The minimum atomic E-state index is -0.437. The second kappa shape index (κ2) is 3.38. The van der Waals surface area contributed by atoms with E-state index in [-0.39, 0.29) is 0 Å². The Morgan fingerprint density at radius 1 is 1.60 bits per heavy atom. The Balaban J connectivity index is 2.81. The number of aromatic nitrogens is 2. The topological polar surface area (TPSA) is 60.4 Å². The van der Waals surface area contributed by atoms with Gasteiger partial charge in [-0.3, -0.25) is 4.79 Å². The Hall–Kier alpha value is -1.84. The van der Waals surface area contributed by atoms with E-state index in [0.29, 0.717) is 11.2 Å². The minimum absolute atomic E-state index is 0.437. The van der Waals surface area contributed by atoms with Crippen LogP contribution in [0.4, 0.5) is 0 Å². The molecule has 2 N–H and O–H groups in total. The maximum absolute atomic E-state index is 11.2. The summed E-state index contributed by atoms with van der Waals surface area (Å²) in [5.74, 6) is -0.437. The summed E-state index contributed by atoms with van der Waals surface area (Å²) < 4.78 is 1.90. The highest BCUT2D eigenvalue weighted by atomic mass is 16.1. The average molecular weight is 203 g/mol. The number of aryl methyl sites for hydroxylation is 2. The van der Waals surface area contributed by atoms with E-state index in [9.17, 15) is 4.79 Å². The van der Waals surface area contributed by atoms with Crippen LogP contribution >= 0.6 is 0 Å². The van der Waals surface area contributed by atoms with Gasteiger partial charge >= 0.3 is 0 Å². The predicted molar refractivity (Wildman–Crippen MR) is 57.8 cm³/mol. The van der Waals surface area contributed by atoms with Crippen LogP contribution in [0.25, 0.3) is 5.65 Å². The number of amides is 1. The molecule has 0 saturated heterocycles. The number of primary amides is 1. The predicted octanol–water partition coefficient (Wildman–Crippen LogP) is 1.30. The first-order chi connectivity index (χ1) is 7.15. The fraction of sp³-hybridized carbons (Fsp3) is 0.273. The van der Waals surface area contributed by atoms with Gasteiger partial charge in [0.25, 0.3) is 5.91 Å². The molecule has 0 saturated carbocycles. The van der Waals surface area contributed by atoms with E-state index in [0.717, 1.165) is 17.8 Å². The molecule has 1 amide bonds. The van der Waals surface area contributed by atoms with E-state index < -0.39 is 5.91 Å². The molecule has 0 atom stereocenters. The summed E-state index contributed by atoms with van der Waals surface area (Å²) in [5.41, 5.74) is 8.48. The molecule has 4 nitrogen and oxygen atoms in total. The Morgan fingerprint density at radius 3 is 2.93 bits per heavy atom. The summed E-state index contributed by atoms with van der Waals surface area (Å²) in [6.07, 6.45) is 2.75. The number of carbonyl (C=O) groups excluding carboxylic acids is 1. The third-order valence-corrected chi connectivity index (χ3v) is 2.59. The van der Waals surface area contributed by atoms with E-state index in [1.807, 2.05) is 24.4 Å². The lowest BCUT2D eigenvalue weighted by atomic mass is 10.2. The quantitative estimate of drug-likeness (QED) is 0.799. The zero-order chi connectivity index (χ0) is 11.0. The molecule has 4 heteroatoms. The second-order valence-corrected chi connectivity index (χ2v) is 3.48. The number of nitrogens with zero attached hydrogens (tertiary/aromatic N) is 2. The molecule has 2 rings (SSSR count).